The number of anilines is 2. The van der Waals surface area contributed by atoms with Crippen LogP contribution in [0.3, 0.4) is 0 Å². The number of nitrogens with zero attached hydrogens (tertiary/aromatic N) is 2. The van der Waals surface area contributed by atoms with Gasteiger partial charge in [-0.1, -0.05) is 0 Å². The fourth-order valence-electron chi connectivity index (χ4n) is 1.36. The number of nitrogens with one attached hydrogen (secondary N) is 1. The van der Waals surface area contributed by atoms with Crippen LogP contribution in [0.4, 0.5) is 11.5 Å². The molecule has 0 bridgehead atoms. The summed E-state index contributed by atoms with van der Waals surface area (Å²) in [6, 6.07) is 4.91. The molecule has 0 atom stereocenters. The van der Waals surface area contributed by atoms with Gasteiger partial charge < -0.3 is 11.1 Å². The molecule has 2 rings (SSSR count). The van der Waals surface area contributed by atoms with Crippen molar-refractivity contribution in [3.05, 3.63) is 46.3 Å². The minimum Gasteiger partial charge on any atom is -0.399 e. The van der Waals surface area contributed by atoms with E-state index >= 15 is 0 Å². The van der Waals surface area contributed by atoms with E-state index < -0.39 is 0 Å². The number of hydrogen-bond acceptors (Lipinski definition) is 4. The zero-order valence-electron chi connectivity index (χ0n) is 9.64. The fraction of sp³-hybridized carbons (Fsp3) is 0.0833. The predicted octanol–water partition coefficient (Wildman–Crippen LogP) is 2.38. The van der Waals surface area contributed by atoms with Crippen molar-refractivity contribution in [2.45, 2.75) is 6.92 Å². The third-order valence-corrected chi connectivity index (χ3v) is 3.14. The van der Waals surface area contributed by atoms with Gasteiger partial charge in [-0.05, 0) is 46.6 Å². The van der Waals surface area contributed by atoms with Crippen LogP contribution < -0.4 is 11.1 Å². The quantitative estimate of drug-likeness (QED) is 0.892. The molecule has 0 unspecified atom stereocenters. The predicted molar refractivity (Wildman–Crippen MR) is 73.3 cm³/mol. The zero-order valence-corrected chi connectivity index (χ0v) is 11.2. The molecule has 0 aliphatic rings. The molecule has 0 saturated carbocycles. The number of rotatable bonds is 2. The summed E-state index contributed by atoms with van der Waals surface area (Å²) in [4.78, 5) is 19.9. The van der Waals surface area contributed by atoms with Crippen molar-refractivity contribution in [2.24, 2.45) is 0 Å². The fourth-order valence-corrected chi connectivity index (χ4v) is 1.58. The second-order valence-electron chi connectivity index (χ2n) is 3.75. The molecule has 0 spiro atoms. The second-order valence-corrected chi connectivity index (χ2v) is 4.60. The van der Waals surface area contributed by atoms with Gasteiger partial charge in [0.1, 0.15) is 11.5 Å². The lowest BCUT2D eigenvalue weighted by Gasteiger charge is -2.05. The summed E-state index contributed by atoms with van der Waals surface area (Å²) in [5.41, 5.74) is 7.34. The molecule has 18 heavy (non-hydrogen) atoms. The molecule has 0 aliphatic carbocycles. The number of aromatic nitrogens is 2. The first-order valence-corrected chi connectivity index (χ1v) is 6.00. The third-order valence-electron chi connectivity index (χ3n) is 2.31. The average Bonchev–Trinajstić information content (AvgIpc) is 2.34. The Morgan fingerprint density at radius 1 is 1.39 bits per heavy atom. The van der Waals surface area contributed by atoms with Gasteiger partial charge in [-0.2, -0.15) is 0 Å². The number of aryl methyl sites for hydroxylation is 1. The Kier molecular flexibility index (Phi) is 3.57. The molecule has 6 heteroatoms. The lowest BCUT2D eigenvalue weighted by atomic mass is 10.3. The monoisotopic (exact) mass is 306 g/mol. The van der Waals surface area contributed by atoms with E-state index in [2.05, 4.69) is 31.2 Å². The molecule has 0 aliphatic heterocycles. The Bertz CT molecular complexity index is 600. The number of nitrogen functional groups attached to an aromatic ring is 1. The van der Waals surface area contributed by atoms with Gasteiger partial charge in [0, 0.05) is 22.6 Å². The van der Waals surface area contributed by atoms with Crippen LogP contribution in [0.25, 0.3) is 0 Å². The summed E-state index contributed by atoms with van der Waals surface area (Å²) in [6.07, 6.45) is 3.13. The van der Waals surface area contributed by atoms with E-state index in [1.165, 1.54) is 12.3 Å². The second kappa shape index (κ2) is 5.14. The Balaban J connectivity index is 2.18. The molecule has 2 aromatic heterocycles. The van der Waals surface area contributed by atoms with E-state index in [1.54, 1.807) is 18.3 Å². The van der Waals surface area contributed by atoms with Crippen LogP contribution in [0.15, 0.2) is 35.1 Å². The van der Waals surface area contributed by atoms with Gasteiger partial charge in [-0.3, -0.25) is 9.78 Å². The van der Waals surface area contributed by atoms with Crippen LogP contribution in [0.5, 0.6) is 0 Å². The van der Waals surface area contributed by atoms with Gasteiger partial charge >= 0.3 is 0 Å². The molecular weight excluding hydrogens is 296 g/mol. The standard InChI is InChI=1S/C12H11BrN4O/c1-7-4-11(16-6-9(7)13)17-12(18)10-5-8(14)2-3-15-10/h2-6H,1H3,(H2,14,15)(H,16,17,18). The molecule has 1 amide bonds. The highest BCUT2D eigenvalue weighted by Crippen LogP contribution is 2.17. The van der Waals surface area contributed by atoms with Crippen molar-refractivity contribution in [2.75, 3.05) is 11.1 Å². The molecule has 0 saturated heterocycles. The van der Waals surface area contributed by atoms with Crippen molar-refractivity contribution in [3.8, 4) is 0 Å². The van der Waals surface area contributed by atoms with E-state index in [4.69, 9.17) is 5.73 Å². The number of hydrogen-bond donors (Lipinski definition) is 2. The van der Waals surface area contributed by atoms with Gasteiger partial charge in [-0.25, -0.2) is 4.98 Å². The number of pyridine rings is 2. The Hall–Kier alpha value is -1.95. The highest BCUT2D eigenvalue weighted by molar-refractivity contribution is 9.10. The van der Waals surface area contributed by atoms with E-state index in [9.17, 15) is 4.79 Å². The molecule has 92 valence electrons. The van der Waals surface area contributed by atoms with Crippen LogP contribution in [0.2, 0.25) is 0 Å². The lowest BCUT2D eigenvalue weighted by molar-refractivity contribution is 0.102. The van der Waals surface area contributed by atoms with Crippen LogP contribution in [-0.2, 0) is 0 Å². The van der Waals surface area contributed by atoms with Crippen molar-refractivity contribution in [3.63, 3.8) is 0 Å². The van der Waals surface area contributed by atoms with Gasteiger partial charge in [0.2, 0.25) is 0 Å². The van der Waals surface area contributed by atoms with Crippen LogP contribution in [-0.4, -0.2) is 15.9 Å². The lowest BCUT2D eigenvalue weighted by Crippen LogP contribution is -2.14. The topological polar surface area (TPSA) is 80.9 Å². The van der Waals surface area contributed by atoms with Gasteiger partial charge in [0.05, 0.1) is 0 Å². The van der Waals surface area contributed by atoms with E-state index in [0.29, 0.717) is 11.5 Å². The average molecular weight is 307 g/mol. The number of carbonyl (C=O) groups excluding carboxylic acids is 1. The number of amides is 1. The smallest absolute Gasteiger partial charge is 0.275 e. The van der Waals surface area contributed by atoms with E-state index in [1.807, 2.05) is 6.92 Å². The first-order chi connectivity index (χ1) is 8.56. The minimum absolute atomic E-state index is 0.261. The van der Waals surface area contributed by atoms with Crippen molar-refractivity contribution >= 4 is 33.3 Å². The number of halogens is 1. The van der Waals surface area contributed by atoms with Crippen LogP contribution >= 0.6 is 15.9 Å². The van der Waals surface area contributed by atoms with Crippen molar-refractivity contribution in [1.82, 2.24) is 9.97 Å². The highest BCUT2D eigenvalue weighted by atomic mass is 79.9. The summed E-state index contributed by atoms with van der Waals surface area (Å²) >= 11 is 3.35. The maximum atomic E-state index is 11.9. The Morgan fingerprint density at radius 3 is 2.83 bits per heavy atom. The Labute approximate surface area is 113 Å². The van der Waals surface area contributed by atoms with Crippen LogP contribution in [0, 0.1) is 6.92 Å². The molecule has 5 nitrogen and oxygen atoms in total. The maximum Gasteiger partial charge on any atom is 0.275 e. The molecule has 2 aromatic rings. The molecule has 0 fully saturated rings. The van der Waals surface area contributed by atoms with E-state index in [0.717, 1.165) is 10.0 Å². The van der Waals surface area contributed by atoms with Crippen molar-refractivity contribution in [1.29, 1.82) is 0 Å². The normalized spacial score (nSPS) is 10.1. The minimum atomic E-state index is -0.337. The largest absolute Gasteiger partial charge is 0.399 e. The molecular formula is C12H11BrN4O. The summed E-state index contributed by atoms with van der Waals surface area (Å²) in [6.45, 7) is 1.92. The number of nitrogens with two attached hydrogens (primary N) is 1. The zero-order chi connectivity index (χ0) is 13.1. The summed E-state index contributed by atoms with van der Waals surface area (Å²) in [5.74, 6) is 0.140. The van der Waals surface area contributed by atoms with E-state index in [-0.39, 0.29) is 11.6 Å². The SMILES string of the molecule is Cc1cc(NC(=O)c2cc(N)ccn2)ncc1Br. The maximum absolute atomic E-state index is 11.9. The number of carbonyl (C=O) groups is 1. The molecule has 0 aromatic carbocycles. The summed E-state index contributed by atoms with van der Waals surface area (Å²) < 4.78 is 0.891. The highest BCUT2D eigenvalue weighted by Gasteiger charge is 2.09. The van der Waals surface area contributed by atoms with Crippen molar-refractivity contribution < 1.29 is 4.79 Å². The summed E-state index contributed by atoms with van der Waals surface area (Å²) in [5, 5.41) is 2.66. The molecule has 3 N–H and O–H groups in total. The van der Waals surface area contributed by atoms with Gasteiger partial charge in [-0.15, -0.1) is 0 Å². The molecule has 2 heterocycles. The van der Waals surface area contributed by atoms with Gasteiger partial charge in [0.25, 0.3) is 5.91 Å². The summed E-state index contributed by atoms with van der Waals surface area (Å²) in [7, 11) is 0. The first-order valence-electron chi connectivity index (χ1n) is 5.21. The molecule has 0 radical (unpaired) electrons. The first kappa shape index (κ1) is 12.5. The van der Waals surface area contributed by atoms with Gasteiger partial charge in [0.15, 0.2) is 0 Å². The Morgan fingerprint density at radius 2 is 2.17 bits per heavy atom. The third kappa shape index (κ3) is 2.84. The van der Waals surface area contributed by atoms with Crippen LogP contribution in [0.1, 0.15) is 16.1 Å².